The normalized spacial score (nSPS) is 23.7. The number of hydrogen-bond acceptors (Lipinski definition) is 4. The Morgan fingerprint density at radius 1 is 1.31 bits per heavy atom. The summed E-state index contributed by atoms with van der Waals surface area (Å²) in [5.41, 5.74) is -1.16. The molecule has 0 aliphatic carbocycles. The van der Waals surface area contributed by atoms with Gasteiger partial charge >= 0.3 is 6.03 Å². The van der Waals surface area contributed by atoms with Crippen molar-refractivity contribution in [3.8, 4) is 5.75 Å². The highest BCUT2D eigenvalue weighted by molar-refractivity contribution is 5.95. The van der Waals surface area contributed by atoms with E-state index in [1.165, 1.54) is 18.2 Å². The Bertz CT molecular complexity index is 952. The quantitative estimate of drug-likeness (QED) is 0.654. The van der Waals surface area contributed by atoms with Crippen LogP contribution in [0.3, 0.4) is 0 Å². The Morgan fingerprint density at radius 2 is 2.08 bits per heavy atom. The Balaban J connectivity index is 1.81. The van der Waals surface area contributed by atoms with Crippen LogP contribution >= 0.6 is 0 Å². The Morgan fingerprint density at radius 3 is 2.81 bits per heavy atom. The molecule has 0 aromatic heterocycles. The highest BCUT2D eigenvalue weighted by atomic mass is 19.1. The zero-order chi connectivity index (χ0) is 18.6. The molecule has 1 saturated heterocycles. The number of amides is 2. The van der Waals surface area contributed by atoms with Crippen LogP contribution < -0.4 is 15.0 Å². The van der Waals surface area contributed by atoms with Gasteiger partial charge in [0.05, 0.1) is 16.7 Å². The van der Waals surface area contributed by atoms with Crippen LogP contribution in [0, 0.1) is 21.7 Å². The predicted octanol–water partition coefficient (Wildman–Crippen LogP) is 3.64. The number of nitro groups is 1. The summed E-state index contributed by atoms with van der Waals surface area (Å²) in [4.78, 5) is 24.1. The first kappa shape index (κ1) is 16.2. The average Bonchev–Trinajstić information content (AvgIpc) is 2.56. The van der Waals surface area contributed by atoms with Crippen molar-refractivity contribution in [3.63, 3.8) is 0 Å². The van der Waals surface area contributed by atoms with Crippen molar-refractivity contribution in [2.75, 3.05) is 4.90 Å². The number of halogens is 2. The summed E-state index contributed by atoms with van der Waals surface area (Å²) in [5, 5.41) is 13.7. The topological polar surface area (TPSA) is 84.7 Å². The summed E-state index contributed by atoms with van der Waals surface area (Å²) < 4.78 is 33.8. The fraction of sp³-hybridized carbons (Fsp3) is 0.235. The SMILES string of the molecule is C[C@@]12C[C@@H](NC(=O)N1c1cc(F)ccc1F)c1cc([N+](=O)[O-])ccc1O2. The van der Waals surface area contributed by atoms with Gasteiger partial charge in [-0.25, -0.2) is 13.6 Å². The summed E-state index contributed by atoms with van der Waals surface area (Å²) >= 11 is 0. The fourth-order valence-corrected chi connectivity index (χ4v) is 3.50. The number of urea groups is 1. The van der Waals surface area contributed by atoms with E-state index in [0.29, 0.717) is 11.3 Å². The van der Waals surface area contributed by atoms with Crippen LogP contribution in [0.5, 0.6) is 5.75 Å². The van der Waals surface area contributed by atoms with Crippen molar-refractivity contribution in [1.82, 2.24) is 5.32 Å². The summed E-state index contributed by atoms with van der Waals surface area (Å²) in [5.74, 6) is -1.11. The molecule has 2 atom stereocenters. The molecule has 4 rings (SSSR count). The standard InChI is InChI=1S/C17H13F2N3O4/c1-17-8-13(11-7-10(22(24)25)3-5-15(11)26-17)20-16(23)21(17)14-6-9(18)2-4-12(14)19/h2-7,13H,8H2,1H3,(H,20,23)/t13-,17-/m1/s1. The highest BCUT2D eigenvalue weighted by Gasteiger charge is 2.50. The first-order valence-corrected chi connectivity index (χ1v) is 7.82. The second kappa shape index (κ2) is 5.38. The maximum Gasteiger partial charge on any atom is 0.325 e. The van der Waals surface area contributed by atoms with Crippen LogP contribution in [0.1, 0.15) is 24.9 Å². The molecule has 0 saturated carbocycles. The minimum absolute atomic E-state index is 0.121. The molecular formula is C17H13F2N3O4. The van der Waals surface area contributed by atoms with E-state index in [1.54, 1.807) is 6.92 Å². The zero-order valence-electron chi connectivity index (χ0n) is 13.5. The zero-order valence-corrected chi connectivity index (χ0v) is 13.5. The molecule has 9 heteroatoms. The molecule has 0 radical (unpaired) electrons. The Hall–Kier alpha value is -3.23. The van der Waals surface area contributed by atoms with Crippen molar-refractivity contribution in [2.45, 2.75) is 25.1 Å². The lowest BCUT2D eigenvalue weighted by Crippen LogP contribution is -2.65. The van der Waals surface area contributed by atoms with Gasteiger partial charge in [-0.3, -0.25) is 15.0 Å². The predicted molar refractivity (Wildman–Crippen MR) is 86.9 cm³/mol. The number of nitrogens with one attached hydrogen (secondary N) is 1. The van der Waals surface area contributed by atoms with E-state index in [2.05, 4.69) is 5.32 Å². The fourth-order valence-electron chi connectivity index (χ4n) is 3.50. The highest BCUT2D eigenvalue weighted by Crippen LogP contribution is 2.46. The summed E-state index contributed by atoms with van der Waals surface area (Å²) in [6.07, 6.45) is 0.211. The number of rotatable bonds is 2. The molecule has 1 fully saturated rings. The number of nitrogens with zero attached hydrogens (tertiary/aromatic N) is 2. The molecular weight excluding hydrogens is 348 g/mol. The number of benzene rings is 2. The molecule has 2 aromatic carbocycles. The molecule has 2 aliphatic rings. The lowest BCUT2D eigenvalue weighted by atomic mass is 9.90. The van der Waals surface area contributed by atoms with Crippen molar-refractivity contribution in [1.29, 1.82) is 0 Å². The molecule has 0 spiro atoms. The number of anilines is 1. The third kappa shape index (κ3) is 2.35. The van der Waals surface area contributed by atoms with Crippen LogP contribution in [-0.4, -0.2) is 16.7 Å². The van der Waals surface area contributed by atoms with E-state index in [1.807, 2.05) is 0 Å². The Kier molecular flexibility index (Phi) is 3.36. The minimum Gasteiger partial charge on any atom is -0.467 e. The monoisotopic (exact) mass is 361 g/mol. The van der Waals surface area contributed by atoms with Crippen LogP contribution in [0.4, 0.5) is 25.0 Å². The first-order chi connectivity index (χ1) is 12.3. The lowest BCUT2D eigenvalue weighted by Gasteiger charge is -2.50. The third-order valence-electron chi connectivity index (χ3n) is 4.62. The summed E-state index contributed by atoms with van der Waals surface area (Å²) in [6, 6.07) is 5.69. The largest absolute Gasteiger partial charge is 0.467 e. The van der Waals surface area contributed by atoms with Gasteiger partial charge in [0, 0.05) is 30.2 Å². The second-order valence-corrected chi connectivity index (χ2v) is 6.39. The third-order valence-corrected chi connectivity index (χ3v) is 4.62. The summed E-state index contributed by atoms with van der Waals surface area (Å²) in [7, 11) is 0. The van der Waals surface area contributed by atoms with Crippen LogP contribution in [0.15, 0.2) is 36.4 Å². The van der Waals surface area contributed by atoms with E-state index in [-0.39, 0.29) is 17.8 Å². The smallest absolute Gasteiger partial charge is 0.325 e. The van der Waals surface area contributed by atoms with Crippen LogP contribution in [0.2, 0.25) is 0 Å². The maximum atomic E-state index is 14.2. The lowest BCUT2D eigenvalue weighted by molar-refractivity contribution is -0.385. The number of hydrogen-bond donors (Lipinski definition) is 1. The summed E-state index contributed by atoms with van der Waals surface area (Å²) in [6.45, 7) is 1.59. The van der Waals surface area contributed by atoms with Gasteiger partial charge in [-0.2, -0.15) is 0 Å². The van der Waals surface area contributed by atoms with Gasteiger partial charge in [0.15, 0.2) is 5.72 Å². The van der Waals surface area contributed by atoms with Crippen LogP contribution in [0.25, 0.3) is 0 Å². The molecule has 26 heavy (non-hydrogen) atoms. The van der Waals surface area contributed by atoms with Gasteiger partial charge in [-0.1, -0.05) is 0 Å². The molecule has 2 heterocycles. The molecule has 7 nitrogen and oxygen atoms in total. The van der Waals surface area contributed by atoms with Gasteiger partial charge in [-0.15, -0.1) is 0 Å². The van der Waals surface area contributed by atoms with E-state index >= 15 is 0 Å². The number of carbonyl (C=O) groups is 1. The molecule has 2 aliphatic heterocycles. The van der Waals surface area contributed by atoms with Crippen LogP contribution in [-0.2, 0) is 0 Å². The average molecular weight is 361 g/mol. The molecule has 0 unspecified atom stereocenters. The first-order valence-electron chi connectivity index (χ1n) is 7.82. The molecule has 2 bridgehead atoms. The van der Waals surface area contributed by atoms with Gasteiger partial charge in [0.25, 0.3) is 5.69 Å². The van der Waals surface area contributed by atoms with Gasteiger partial charge in [-0.05, 0) is 25.1 Å². The molecule has 2 aromatic rings. The van der Waals surface area contributed by atoms with Gasteiger partial charge < -0.3 is 10.1 Å². The van der Waals surface area contributed by atoms with E-state index in [0.717, 1.165) is 23.1 Å². The van der Waals surface area contributed by atoms with E-state index in [4.69, 9.17) is 4.74 Å². The van der Waals surface area contributed by atoms with Gasteiger partial charge in [0.1, 0.15) is 17.4 Å². The number of non-ortho nitro benzene ring substituents is 1. The minimum atomic E-state index is -1.27. The second-order valence-electron chi connectivity index (χ2n) is 6.39. The molecule has 134 valence electrons. The van der Waals surface area contributed by atoms with E-state index < -0.39 is 34.4 Å². The van der Waals surface area contributed by atoms with Gasteiger partial charge in [0.2, 0.25) is 0 Å². The number of nitro benzene ring substituents is 1. The van der Waals surface area contributed by atoms with Crippen molar-refractivity contribution < 1.29 is 23.2 Å². The molecule has 1 N–H and O–H groups in total. The van der Waals surface area contributed by atoms with Crippen molar-refractivity contribution >= 4 is 17.4 Å². The number of ether oxygens (including phenoxy) is 1. The molecule has 2 amide bonds. The van der Waals surface area contributed by atoms with Crippen molar-refractivity contribution in [2.24, 2.45) is 0 Å². The Labute approximate surface area is 146 Å². The van der Waals surface area contributed by atoms with Crippen molar-refractivity contribution in [3.05, 3.63) is 63.7 Å². The van der Waals surface area contributed by atoms with E-state index in [9.17, 15) is 23.7 Å². The maximum absolute atomic E-state index is 14.2. The number of fused-ring (bicyclic) bond motifs is 4. The number of carbonyl (C=O) groups excluding carboxylic acids is 1.